The number of nitrogens with zero attached hydrogens (tertiary/aromatic N) is 1. The Balaban J connectivity index is 2.10. The van der Waals surface area contributed by atoms with Gasteiger partial charge >= 0.3 is 0 Å². The Bertz CT molecular complexity index is 368. The van der Waals surface area contributed by atoms with Crippen molar-refractivity contribution in [2.45, 2.75) is 12.5 Å². The number of hydrogen-bond acceptors (Lipinski definition) is 2. The Morgan fingerprint density at radius 2 is 2.25 bits per heavy atom. The third-order valence-corrected chi connectivity index (χ3v) is 3.99. The molecule has 0 saturated carbocycles. The second-order valence-electron chi connectivity index (χ2n) is 4.26. The Morgan fingerprint density at radius 1 is 1.44 bits per heavy atom. The van der Waals surface area contributed by atoms with Crippen molar-refractivity contribution >= 4 is 23.2 Å². The number of likely N-dealkylation sites (N-methyl/N-ethyl adjacent to an activating group) is 1. The highest BCUT2D eigenvalue weighted by Crippen LogP contribution is 2.27. The summed E-state index contributed by atoms with van der Waals surface area (Å²) in [5.74, 6) is 0. The van der Waals surface area contributed by atoms with Gasteiger partial charge in [-0.1, -0.05) is 35.3 Å². The van der Waals surface area contributed by atoms with Crippen molar-refractivity contribution in [3.05, 3.63) is 33.8 Å². The molecule has 1 heterocycles. The lowest BCUT2D eigenvalue weighted by Gasteiger charge is -2.33. The standard InChI is InChI=1S/C12H16Cl2N2/c1-16-6-5-15-8-10(16)7-9-3-2-4-11(13)12(9)14/h2-4,10,15H,5-8H2,1H3. The Hall–Kier alpha value is -0.280. The first-order valence-corrected chi connectivity index (χ1v) is 6.28. The predicted octanol–water partition coefficient (Wildman–Crippen LogP) is 2.44. The normalized spacial score (nSPS) is 22.3. The molecule has 1 N–H and O–H groups in total. The lowest BCUT2D eigenvalue weighted by Crippen LogP contribution is -2.50. The number of halogens is 2. The van der Waals surface area contributed by atoms with Crippen molar-refractivity contribution in [2.24, 2.45) is 0 Å². The van der Waals surface area contributed by atoms with Gasteiger partial charge in [0.1, 0.15) is 0 Å². The topological polar surface area (TPSA) is 15.3 Å². The van der Waals surface area contributed by atoms with Crippen molar-refractivity contribution < 1.29 is 0 Å². The molecule has 1 saturated heterocycles. The van der Waals surface area contributed by atoms with Gasteiger partial charge in [-0.05, 0) is 25.1 Å². The van der Waals surface area contributed by atoms with Crippen LogP contribution >= 0.6 is 23.2 Å². The fourth-order valence-electron chi connectivity index (χ4n) is 2.05. The van der Waals surface area contributed by atoms with Crippen molar-refractivity contribution in [3.8, 4) is 0 Å². The first-order valence-electron chi connectivity index (χ1n) is 5.52. The molecule has 4 heteroatoms. The SMILES string of the molecule is CN1CCNCC1Cc1cccc(Cl)c1Cl. The summed E-state index contributed by atoms with van der Waals surface area (Å²) in [5.41, 5.74) is 1.13. The van der Waals surface area contributed by atoms with E-state index >= 15 is 0 Å². The molecule has 0 aliphatic carbocycles. The molecule has 1 aromatic carbocycles. The molecule has 0 aromatic heterocycles. The zero-order valence-electron chi connectivity index (χ0n) is 9.34. The van der Waals surface area contributed by atoms with Crippen molar-refractivity contribution in [1.29, 1.82) is 0 Å². The molecular formula is C12H16Cl2N2. The molecular weight excluding hydrogens is 243 g/mol. The van der Waals surface area contributed by atoms with E-state index in [9.17, 15) is 0 Å². The van der Waals surface area contributed by atoms with Crippen LogP contribution in [0.2, 0.25) is 10.0 Å². The minimum absolute atomic E-state index is 0.504. The average Bonchev–Trinajstić information content (AvgIpc) is 2.28. The molecule has 0 radical (unpaired) electrons. The maximum Gasteiger partial charge on any atom is 0.0624 e. The Labute approximate surface area is 107 Å². The number of nitrogens with one attached hydrogen (secondary N) is 1. The molecule has 1 aliphatic heterocycles. The summed E-state index contributed by atoms with van der Waals surface area (Å²) in [4.78, 5) is 2.37. The van der Waals surface area contributed by atoms with Gasteiger partial charge in [0.2, 0.25) is 0 Å². The van der Waals surface area contributed by atoms with E-state index in [4.69, 9.17) is 23.2 Å². The smallest absolute Gasteiger partial charge is 0.0624 e. The maximum absolute atomic E-state index is 6.19. The van der Waals surface area contributed by atoms with Gasteiger partial charge in [0.25, 0.3) is 0 Å². The number of rotatable bonds is 2. The van der Waals surface area contributed by atoms with Crippen molar-refractivity contribution in [3.63, 3.8) is 0 Å². The van der Waals surface area contributed by atoms with Gasteiger partial charge < -0.3 is 10.2 Å². The van der Waals surface area contributed by atoms with E-state index in [1.807, 2.05) is 12.1 Å². The number of piperazine rings is 1. The van der Waals surface area contributed by atoms with Crippen LogP contribution in [0, 0.1) is 0 Å². The second-order valence-corrected chi connectivity index (χ2v) is 5.04. The molecule has 2 rings (SSSR count). The van der Waals surface area contributed by atoms with Gasteiger partial charge in [0.15, 0.2) is 0 Å². The lowest BCUT2D eigenvalue weighted by atomic mass is 10.0. The lowest BCUT2D eigenvalue weighted by molar-refractivity contribution is 0.199. The average molecular weight is 259 g/mol. The monoisotopic (exact) mass is 258 g/mol. The van der Waals surface area contributed by atoms with Crippen molar-refractivity contribution in [1.82, 2.24) is 10.2 Å². The fraction of sp³-hybridized carbons (Fsp3) is 0.500. The van der Waals surface area contributed by atoms with E-state index in [1.54, 1.807) is 0 Å². The molecule has 1 unspecified atom stereocenters. The van der Waals surface area contributed by atoms with Gasteiger partial charge in [-0.3, -0.25) is 0 Å². The summed E-state index contributed by atoms with van der Waals surface area (Å²) in [5, 5.41) is 4.74. The fourth-order valence-corrected chi connectivity index (χ4v) is 2.45. The predicted molar refractivity (Wildman–Crippen MR) is 69.5 cm³/mol. The second kappa shape index (κ2) is 5.37. The van der Waals surface area contributed by atoms with Gasteiger partial charge in [-0.2, -0.15) is 0 Å². The van der Waals surface area contributed by atoms with E-state index in [0.717, 1.165) is 31.6 Å². The van der Waals surface area contributed by atoms with Crippen LogP contribution in [0.1, 0.15) is 5.56 Å². The minimum atomic E-state index is 0.504. The van der Waals surface area contributed by atoms with Crippen LogP contribution in [-0.2, 0) is 6.42 Å². The van der Waals surface area contributed by atoms with Crippen LogP contribution in [0.3, 0.4) is 0 Å². The van der Waals surface area contributed by atoms with Gasteiger partial charge in [0, 0.05) is 25.7 Å². The Kier molecular flexibility index (Phi) is 4.09. The summed E-state index contributed by atoms with van der Waals surface area (Å²) in [6.07, 6.45) is 0.947. The molecule has 2 nitrogen and oxygen atoms in total. The van der Waals surface area contributed by atoms with Crippen LogP contribution in [0.4, 0.5) is 0 Å². The molecule has 0 spiro atoms. The largest absolute Gasteiger partial charge is 0.314 e. The summed E-state index contributed by atoms with van der Waals surface area (Å²) in [7, 11) is 2.16. The van der Waals surface area contributed by atoms with Crippen LogP contribution in [-0.4, -0.2) is 37.6 Å². The summed E-state index contributed by atoms with van der Waals surface area (Å²) in [6.45, 7) is 3.17. The molecule has 1 aliphatic rings. The van der Waals surface area contributed by atoms with Gasteiger partial charge in [0.05, 0.1) is 10.0 Å². The van der Waals surface area contributed by atoms with Crippen LogP contribution in [0.25, 0.3) is 0 Å². The van der Waals surface area contributed by atoms with E-state index < -0.39 is 0 Å². The zero-order chi connectivity index (χ0) is 11.5. The minimum Gasteiger partial charge on any atom is -0.314 e. The van der Waals surface area contributed by atoms with Crippen LogP contribution in [0.15, 0.2) is 18.2 Å². The van der Waals surface area contributed by atoms with Crippen molar-refractivity contribution in [2.75, 3.05) is 26.7 Å². The van der Waals surface area contributed by atoms with E-state index in [0.29, 0.717) is 16.1 Å². The number of benzene rings is 1. The highest BCUT2D eigenvalue weighted by Gasteiger charge is 2.20. The van der Waals surface area contributed by atoms with Gasteiger partial charge in [-0.15, -0.1) is 0 Å². The highest BCUT2D eigenvalue weighted by molar-refractivity contribution is 6.42. The number of hydrogen-bond donors (Lipinski definition) is 1. The molecule has 0 bridgehead atoms. The quantitative estimate of drug-likeness (QED) is 0.877. The third kappa shape index (κ3) is 2.69. The molecule has 1 atom stereocenters. The van der Waals surface area contributed by atoms with E-state index in [2.05, 4.69) is 23.3 Å². The van der Waals surface area contributed by atoms with Crippen LogP contribution in [0.5, 0.6) is 0 Å². The molecule has 1 aromatic rings. The highest BCUT2D eigenvalue weighted by atomic mass is 35.5. The zero-order valence-corrected chi connectivity index (χ0v) is 10.9. The molecule has 0 amide bonds. The Morgan fingerprint density at radius 3 is 3.00 bits per heavy atom. The summed E-state index contributed by atoms with van der Waals surface area (Å²) in [6, 6.07) is 6.34. The van der Waals surface area contributed by atoms with Crippen LogP contribution < -0.4 is 5.32 Å². The summed E-state index contributed by atoms with van der Waals surface area (Å²) >= 11 is 12.2. The first-order chi connectivity index (χ1) is 7.68. The first kappa shape index (κ1) is 12.2. The van der Waals surface area contributed by atoms with Gasteiger partial charge in [-0.25, -0.2) is 0 Å². The van der Waals surface area contributed by atoms with E-state index in [-0.39, 0.29) is 0 Å². The molecule has 88 valence electrons. The molecule has 16 heavy (non-hydrogen) atoms. The third-order valence-electron chi connectivity index (χ3n) is 3.13. The molecule has 1 fully saturated rings. The summed E-state index contributed by atoms with van der Waals surface area (Å²) < 4.78 is 0. The van der Waals surface area contributed by atoms with E-state index in [1.165, 1.54) is 0 Å². The maximum atomic E-state index is 6.19.